The second-order valence-corrected chi connectivity index (χ2v) is 4.99. The third kappa shape index (κ3) is 4.18. The second-order valence-electron chi connectivity index (χ2n) is 4.99. The maximum Gasteiger partial charge on any atom is 0.277 e. The molecule has 108 valence electrons. The molecule has 0 bridgehead atoms. The Kier molecular flexibility index (Phi) is 4.49. The fraction of sp³-hybridized carbons (Fsp3) is 0.538. The molecule has 1 aliphatic rings. The smallest absolute Gasteiger partial charge is 0.277 e. The van der Waals surface area contributed by atoms with Crippen LogP contribution in [0.4, 0.5) is 11.5 Å². The van der Waals surface area contributed by atoms with Crippen molar-refractivity contribution in [3.63, 3.8) is 0 Å². The molecule has 1 heterocycles. The summed E-state index contributed by atoms with van der Waals surface area (Å²) in [6, 6.07) is 1.80. The number of anilines is 1. The number of hydrogen-bond donors (Lipinski definition) is 2. The van der Waals surface area contributed by atoms with Gasteiger partial charge in [0.1, 0.15) is 5.82 Å². The number of nitrogens with one attached hydrogen (secondary N) is 2. The van der Waals surface area contributed by atoms with Gasteiger partial charge in [-0.15, -0.1) is 0 Å². The van der Waals surface area contributed by atoms with Crippen LogP contribution in [0.3, 0.4) is 0 Å². The summed E-state index contributed by atoms with van der Waals surface area (Å²) in [5.74, 6) is 0.530. The topological polar surface area (TPSA) is 97.2 Å². The number of hydrogen-bond acceptors (Lipinski definition) is 5. The quantitative estimate of drug-likeness (QED) is 0.450. The normalized spacial score (nSPS) is 13.8. The zero-order valence-electron chi connectivity index (χ0n) is 11.4. The van der Waals surface area contributed by atoms with Gasteiger partial charge in [0.2, 0.25) is 5.91 Å². The van der Waals surface area contributed by atoms with E-state index in [1.807, 2.05) is 0 Å². The van der Waals surface area contributed by atoms with Gasteiger partial charge in [-0.1, -0.05) is 0 Å². The maximum absolute atomic E-state index is 11.4. The van der Waals surface area contributed by atoms with Gasteiger partial charge in [-0.25, -0.2) is 4.98 Å². The van der Waals surface area contributed by atoms with Crippen LogP contribution in [0.5, 0.6) is 0 Å². The lowest BCUT2D eigenvalue weighted by Gasteiger charge is -2.06. The molecule has 0 aromatic carbocycles. The monoisotopic (exact) mass is 278 g/mol. The lowest BCUT2D eigenvalue weighted by Crippen LogP contribution is -2.25. The number of nitrogens with zero attached hydrogens (tertiary/aromatic N) is 2. The summed E-state index contributed by atoms with van der Waals surface area (Å²) >= 11 is 0. The Labute approximate surface area is 116 Å². The van der Waals surface area contributed by atoms with Crippen molar-refractivity contribution in [3.8, 4) is 0 Å². The Morgan fingerprint density at radius 1 is 1.55 bits per heavy atom. The first-order chi connectivity index (χ1) is 9.56. The summed E-state index contributed by atoms with van der Waals surface area (Å²) in [6.45, 7) is 2.21. The highest BCUT2D eigenvalue weighted by Gasteiger charge is 2.22. The van der Waals surface area contributed by atoms with Gasteiger partial charge in [-0.3, -0.25) is 14.9 Å². The summed E-state index contributed by atoms with van der Waals surface area (Å²) in [4.78, 5) is 25.9. The van der Waals surface area contributed by atoms with Gasteiger partial charge in [-0.2, -0.15) is 0 Å². The minimum atomic E-state index is -0.425. The highest BCUT2D eigenvalue weighted by molar-refractivity contribution is 5.76. The average Bonchev–Trinajstić information content (AvgIpc) is 3.20. The SMILES string of the molecule is Cc1cnc(NCCCC(=O)NC2CC2)cc1[N+](=O)[O-]. The van der Waals surface area contributed by atoms with Crippen LogP contribution in [0.1, 0.15) is 31.2 Å². The lowest BCUT2D eigenvalue weighted by molar-refractivity contribution is -0.385. The van der Waals surface area contributed by atoms with E-state index < -0.39 is 4.92 Å². The van der Waals surface area contributed by atoms with Crippen LogP contribution < -0.4 is 10.6 Å². The fourth-order valence-electron chi connectivity index (χ4n) is 1.80. The number of nitro groups is 1. The molecule has 0 aliphatic heterocycles. The van der Waals surface area contributed by atoms with E-state index in [-0.39, 0.29) is 11.6 Å². The van der Waals surface area contributed by atoms with Gasteiger partial charge in [0.05, 0.1) is 11.0 Å². The fourth-order valence-corrected chi connectivity index (χ4v) is 1.80. The van der Waals surface area contributed by atoms with Crippen LogP contribution in [0.2, 0.25) is 0 Å². The molecule has 0 radical (unpaired) electrons. The molecule has 7 nitrogen and oxygen atoms in total. The Morgan fingerprint density at radius 3 is 2.95 bits per heavy atom. The molecule has 7 heteroatoms. The van der Waals surface area contributed by atoms with E-state index in [2.05, 4.69) is 15.6 Å². The molecule has 0 atom stereocenters. The summed E-state index contributed by atoms with van der Waals surface area (Å²) < 4.78 is 0. The maximum atomic E-state index is 11.4. The van der Waals surface area contributed by atoms with Gasteiger partial charge < -0.3 is 10.6 Å². The second kappa shape index (κ2) is 6.31. The Bertz CT molecular complexity index is 514. The van der Waals surface area contributed by atoms with Crippen molar-refractivity contribution in [2.45, 2.75) is 38.6 Å². The molecule has 1 aromatic heterocycles. The minimum Gasteiger partial charge on any atom is -0.370 e. The number of aryl methyl sites for hydroxylation is 1. The van der Waals surface area contributed by atoms with Crippen LogP contribution in [-0.2, 0) is 4.79 Å². The molecule has 1 amide bonds. The number of rotatable bonds is 7. The summed E-state index contributed by atoms with van der Waals surface area (Å²) in [5.41, 5.74) is 0.582. The lowest BCUT2D eigenvalue weighted by atomic mass is 10.2. The van der Waals surface area contributed by atoms with Crippen LogP contribution in [0.15, 0.2) is 12.3 Å². The third-order valence-electron chi connectivity index (χ3n) is 3.10. The van der Waals surface area contributed by atoms with Gasteiger partial charge in [-0.05, 0) is 26.2 Å². The number of carbonyl (C=O) groups excluding carboxylic acids is 1. The first kappa shape index (κ1) is 14.2. The largest absolute Gasteiger partial charge is 0.370 e. The molecule has 1 aliphatic carbocycles. The molecule has 1 aromatic rings. The molecule has 1 fully saturated rings. The van der Waals surface area contributed by atoms with E-state index in [4.69, 9.17) is 0 Å². The zero-order valence-corrected chi connectivity index (χ0v) is 11.4. The first-order valence-corrected chi connectivity index (χ1v) is 6.70. The molecule has 20 heavy (non-hydrogen) atoms. The number of carbonyl (C=O) groups is 1. The van der Waals surface area contributed by atoms with E-state index in [9.17, 15) is 14.9 Å². The molecular formula is C13H18N4O3. The first-order valence-electron chi connectivity index (χ1n) is 6.70. The predicted molar refractivity (Wildman–Crippen MR) is 74.5 cm³/mol. The summed E-state index contributed by atoms with van der Waals surface area (Å²) in [7, 11) is 0. The van der Waals surface area contributed by atoms with Gasteiger partial charge >= 0.3 is 0 Å². The highest BCUT2D eigenvalue weighted by atomic mass is 16.6. The molecular weight excluding hydrogens is 260 g/mol. The van der Waals surface area contributed by atoms with Crippen LogP contribution in [-0.4, -0.2) is 28.4 Å². The van der Waals surface area contributed by atoms with Crippen molar-refractivity contribution >= 4 is 17.4 Å². The van der Waals surface area contributed by atoms with E-state index >= 15 is 0 Å². The van der Waals surface area contributed by atoms with E-state index in [1.54, 1.807) is 6.92 Å². The van der Waals surface area contributed by atoms with Crippen molar-refractivity contribution < 1.29 is 9.72 Å². The van der Waals surface area contributed by atoms with Crippen molar-refractivity contribution in [1.29, 1.82) is 0 Å². The number of pyridine rings is 1. The van der Waals surface area contributed by atoms with E-state index in [0.29, 0.717) is 36.8 Å². The van der Waals surface area contributed by atoms with Crippen molar-refractivity contribution in [2.75, 3.05) is 11.9 Å². The molecule has 0 saturated heterocycles. The Hall–Kier alpha value is -2.18. The third-order valence-corrected chi connectivity index (χ3v) is 3.10. The van der Waals surface area contributed by atoms with Gasteiger partial charge in [0.25, 0.3) is 5.69 Å². The van der Waals surface area contributed by atoms with Gasteiger partial charge in [0, 0.05) is 30.8 Å². The predicted octanol–water partition coefficient (Wildman–Crippen LogP) is 1.77. The molecule has 0 spiro atoms. The number of aromatic nitrogens is 1. The van der Waals surface area contributed by atoms with Crippen molar-refractivity contribution in [2.24, 2.45) is 0 Å². The average molecular weight is 278 g/mol. The summed E-state index contributed by atoms with van der Waals surface area (Å²) in [5, 5.41) is 16.7. The molecule has 2 N–H and O–H groups in total. The molecule has 2 rings (SSSR count). The van der Waals surface area contributed by atoms with Crippen LogP contribution >= 0.6 is 0 Å². The Balaban J connectivity index is 1.74. The van der Waals surface area contributed by atoms with Crippen LogP contribution in [0, 0.1) is 17.0 Å². The summed E-state index contributed by atoms with van der Waals surface area (Å²) in [6.07, 6.45) is 4.77. The van der Waals surface area contributed by atoms with Crippen molar-refractivity contribution in [3.05, 3.63) is 27.9 Å². The minimum absolute atomic E-state index is 0.0500. The molecule has 1 saturated carbocycles. The van der Waals surface area contributed by atoms with Gasteiger partial charge in [0.15, 0.2) is 0 Å². The number of amides is 1. The zero-order chi connectivity index (χ0) is 14.5. The standard InChI is InChI=1S/C13H18N4O3/c1-9-8-15-12(7-11(9)17(19)20)14-6-2-3-13(18)16-10-4-5-10/h7-8,10H,2-6H2,1H3,(H,14,15)(H,16,18). The molecule has 0 unspecified atom stereocenters. The van der Waals surface area contributed by atoms with E-state index in [1.165, 1.54) is 12.3 Å². The highest BCUT2D eigenvalue weighted by Crippen LogP contribution is 2.20. The Morgan fingerprint density at radius 2 is 2.30 bits per heavy atom. The van der Waals surface area contributed by atoms with E-state index in [0.717, 1.165) is 12.8 Å². The van der Waals surface area contributed by atoms with Crippen LogP contribution in [0.25, 0.3) is 0 Å². The van der Waals surface area contributed by atoms with Crippen molar-refractivity contribution in [1.82, 2.24) is 10.3 Å².